The molecule has 1 heterocycles. The molecule has 0 aliphatic rings. The van der Waals surface area contributed by atoms with E-state index >= 15 is 0 Å². The van der Waals surface area contributed by atoms with E-state index < -0.39 is 0 Å². The molecule has 0 spiro atoms. The van der Waals surface area contributed by atoms with Crippen molar-refractivity contribution >= 4 is 5.69 Å². The van der Waals surface area contributed by atoms with Crippen LogP contribution in [-0.2, 0) is 0 Å². The van der Waals surface area contributed by atoms with Gasteiger partial charge in [-0.25, -0.2) is 0 Å². The Morgan fingerprint density at radius 2 is 1.16 bits per heavy atom. The van der Waals surface area contributed by atoms with Gasteiger partial charge in [-0.15, -0.1) is 0 Å². The third-order valence-electron chi connectivity index (χ3n) is 5.93. The van der Waals surface area contributed by atoms with Crippen LogP contribution in [0.15, 0.2) is 97.1 Å². The van der Waals surface area contributed by atoms with E-state index in [-0.39, 0.29) is 6.04 Å². The molecular formula is C30H32N2. The van der Waals surface area contributed by atoms with Gasteiger partial charge in [-0.05, 0) is 40.7 Å². The third kappa shape index (κ3) is 4.75. The van der Waals surface area contributed by atoms with Crippen molar-refractivity contribution in [1.82, 2.24) is 4.98 Å². The molecule has 0 saturated heterocycles. The van der Waals surface area contributed by atoms with Gasteiger partial charge in [0.15, 0.2) is 0 Å². The van der Waals surface area contributed by atoms with E-state index in [1.165, 1.54) is 22.4 Å². The summed E-state index contributed by atoms with van der Waals surface area (Å²) < 4.78 is 0. The first-order chi connectivity index (χ1) is 15.5. The van der Waals surface area contributed by atoms with Gasteiger partial charge in [-0.1, -0.05) is 113 Å². The summed E-state index contributed by atoms with van der Waals surface area (Å²) in [7, 11) is 0. The highest BCUT2D eigenvalue weighted by Crippen LogP contribution is 2.36. The van der Waals surface area contributed by atoms with Crippen molar-refractivity contribution in [3.05, 3.63) is 119 Å². The first-order valence-corrected chi connectivity index (χ1v) is 11.5. The van der Waals surface area contributed by atoms with Gasteiger partial charge in [-0.3, -0.25) is 4.98 Å². The van der Waals surface area contributed by atoms with Crippen LogP contribution in [0.4, 0.5) is 5.69 Å². The maximum Gasteiger partial charge on any atom is 0.0940 e. The highest BCUT2D eigenvalue weighted by Gasteiger charge is 2.21. The first-order valence-electron chi connectivity index (χ1n) is 11.5. The maximum atomic E-state index is 5.10. The molecule has 0 bridgehead atoms. The molecule has 0 amide bonds. The van der Waals surface area contributed by atoms with Crippen LogP contribution in [0.2, 0.25) is 0 Å². The van der Waals surface area contributed by atoms with Crippen LogP contribution in [0.25, 0.3) is 11.3 Å². The SMILES string of the molecule is CC(C)c1cccc(C(C)C)c1N[C@H](c1ccccc1)c1cccc(-c2ccccc2)n1. The van der Waals surface area contributed by atoms with Crippen molar-refractivity contribution in [1.29, 1.82) is 0 Å². The zero-order valence-electron chi connectivity index (χ0n) is 19.4. The van der Waals surface area contributed by atoms with Crippen molar-refractivity contribution in [2.75, 3.05) is 5.32 Å². The standard InChI is InChI=1S/C30H32N2/c1-21(2)25-17-11-18-26(22(3)4)30(25)32-29(24-15-9-6-10-16-24)28-20-12-19-27(31-28)23-13-7-5-8-14-23/h5-22,29,32H,1-4H3/t29-/m1/s1. The van der Waals surface area contributed by atoms with Gasteiger partial charge in [0, 0.05) is 11.3 Å². The fraction of sp³-hybridized carbons (Fsp3) is 0.233. The van der Waals surface area contributed by atoms with Crippen molar-refractivity contribution < 1.29 is 0 Å². The molecule has 0 radical (unpaired) electrons. The molecule has 0 saturated carbocycles. The molecule has 4 rings (SSSR count). The monoisotopic (exact) mass is 420 g/mol. The van der Waals surface area contributed by atoms with Crippen LogP contribution in [0.1, 0.15) is 68.0 Å². The Kier molecular flexibility index (Phi) is 6.70. The van der Waals surface area contributed by atoms with Gasteiger partial charge in [0.2, 0.25) is 0 Å². The molecule has 0 aliphatic carbocycles. The van der Waals surface area contributed by atoms with Crippen LogP contribution >= 0.6 is 0 Å². The van der Waals surface area contributed by atoms with Crippen LogP contribution in [0.5, 0.6) is 0 Å². The number of rotatable bonds is 7. The molecule has 2 nitrogen and oxygen atoms in total. The number of nitrogens with one attached hydrogen (secondary N) is 1. The Morgan fingerprint density at radius 1 is 0.594 bits per heavy atom. The minimum atomic E-state index is -0.0442. The summed E-state index contributed by atoms with van der Waals surface area (Å²) in [5.74, 6) is 0.854. The van der Waals surface area contributed by atoms with Crippen molar-refractivity contribution in [2.45, 2.75) is 45.6 Å². The largest absolute Gasteiger partial charge is 0.372 e. The number of benzene rings is 3. The number of para-hydroxylation sites is 1. The zero-order chi connectivity index (χ0) is 22.5. The summed E-state index contributed by atoms with van der Waals surface area (Å²) in [5, 5.41) is 3.93. The van der Waals surface area contributed by atoms with Gasteiger partial charge in [0.1, 0.15) is 0 Å². The van der Waals surface area contributed by atoms with Crippen LogP contribution in [-0.4, -0.2) is 4.98 Å². The number of pyridine rings is 1. The second-order valence-electron chi connectivity index (χ2n) is 8.92. The highest BCUT2D eigenvalue weighted by molar-refractivity contribution is 5.63. The smallest absolute Gasteiger partial charge is 0.0940 e. The average molecular weight is 421 g/mol. The quantitative estimate of drug-likeness (QED) is 0.326. The average Bonchev–Trinajstić information content (AvgIpc) is 2.83. The molecule has 1 N–H and O–H groups in total. The summed E-state index contributed by atoms with van der Waals surface area (Å²) in [6.45, 7) is 9.04. The minimum absolute atomic E-state index is 0.0442. The predicted molar refractivity (Wildman–Crippen MR) is 136 cm³/mol. The zero-order valence-corrected chi connectivity index (χ0v) is 19.4. The van der Waals surface area contributed by atoms with E-state index in [4.69, 9.17) is 4.98 Å². The predicted octanol–water partition coefficient (Wildman–Crippen LogP) is 8.20. The number of hydrogen-bond donors (Lipinski definition) is 1. The molecule has 0 fully saturated rings. The Labute approximate surface area is 192 Å². The number of aromatic nitrogens is 1. The summed E-state index contributed by atoms with van der Waals surface area (Å²) in [5.41, 5.74) is 8.27. The molecule has 0 unspecified atom stereocenters. The lowest BCUT2D eigenvalue weighted by atomic mass is 9.91. The lowest BCUT2D eigenvalue weighted by Crippen LogP contribution is -2.17. The molecule has 3 aromatic carbocycles. The van der Waals surface area contributed by atoms with Crippen molar-refractivity contribution in [3.8, 4) is 11.3 Å². The van der Waals surface area contributed by atoms with Crippen molar-refractivity contribution in [2.24, 2.45) is 0 Å². The summed E-state index contributed by atoms with van der Waals surface area (Å²) >= 11 is 0. The number of hydrogen-bond acceptors (Lipinski definition) is 2. The Morgan fingerprint density at radius 3 is 1.75 bits per heavy atom. The molecular weight excluding hydrogens is 388 g/mol. The second-order valence-corrected chi connectivity index (χ2v) is 8.92. The van der Waals surface area contributed by atoms with Crippen LogP contribution < -0.4 is 5.32 Å². The van der Waals surface area contributed by atoms with Crippen LogP contribution in [0.3, 0.4) is 0 Å². The highest BCUT2D eigenvalue weighted by atomic mass is 15.0. The van der Waals surface area contributed by atoms with Gasteiger partial charge < -0.3 is 5.32 Å². The van der Waals surface area contributed by atoms with E-state index in [0.717, 1.165) is 17.0 Å². The molecule has 162 valence electrons. The molecule has 4 aromatic rings. The Balaban J connectivity index is 1.83. The van der Waals surface area contributed by atoms with Gasteiger partial charge in [0.05, 0.1) is 17.4 Å². The van der Waals surface area contributed by atoms with Gasteiger partial charge >= 0.3 is 0 Å². The first kappa shape index (κ1) is 21.8. The fourth-order valence-corrected chi connectivity index (χ4v) is 4.22. The molecule has 1 aromatic heterocycles. The molecule has 0 aliphatic heterocycles. The molecule has 32 heavy (non-hydrogen) atoms. The fourth-order valence-electron chi connectivity index (χ4n) is 4.22. The second kappa shape index (κ2) is 9.82. The third-order valence-corrected chi connectivity index (χ3v) is 5.93. The maximum absolute atomic E-state index is 5.10. The summed E-state index contributed by atoms with van der Waals surface area (Å²) in [6.07, 6.45) is 0. The van der Waals surface area contributed by atoms with E-state index in [0.29, 0.717) is 11.8 Å². The minimum Gasteiger partial charge on any atom is -0.372 e. The van der Waals surface area contributed by atoms with Gasteiger partial charge in [0.25, 0.3) is 0 Å². The lowest BCUT2D eigenvalue weighted by molar-refractivity contribution is 0.814. The lowest BCUT2D eigenvalue weighted by Gasteiger charge is -2.27. The number of nitrogens with zero attached hydrogens (tertiary/aromatic N) is 1. The molecule has 1 atom stereocenters. The van der Waals surface area contributed by atoms with E-state index in [1.54, 1.807) is 0 Å². The van der Waals surface area contributed by atoms with E-state index in [9.17, 15) is 0 Å². The summed E-state index contributed by atoms with van der Waals surface area (Å²) in [4.78, 5) is 5.10. The molecule has 2 heteroatoms. The summed E-state index contributed by atoms with van der Waals surface area (Å²) in [6, 6.07) is 34.0. The topological polar surface area (TPSA) is 24.9 Å². The van der Waals surface area contributed by atoms with E-state index in [1.807, 2.05) is 6.07 Å². The normalized spacial score (nSPS) is 12.2. The Bertz CT molecular complexity index is 1120. The van der Waals surface area contributed by atoms with Gasteiger partial charge in [-0.2, -0.15) is 0 Å². The van der Waals surface area contributed by atoms with Crippen LogP contribution in [0, 0.1) is 0 Å². The van der Waals surface area contributed by atoms with E-state index in [2.05, 4.69) is 124 Å². The Hall–Kier alpha value is -3.39. The van der Waals surface area contributed by atoms with Crippen molar-refractivity contribution in [3.63, 3.8) is 0 Å². The number of anilines is 1.